The number of rotatable bonds is 8. The molecule has 0 spiro atoms. The summed E-state index contributed by atoms with van der Waals surface area (Å²) >= 11 is 0. The summed E-state index contributed by atoms with van der Waals surface area (Å²) in [5.74, 6) is 0. The largest absolute Gasteiger partial charge is 0.303 e. The number of aldehydes is 1. The minimum absolute atomic E-state index is 0.684. The van der Waals surface area contributed by atoms with E-state index in [1.807, 2.05) is 0 Å². The van der Waals surface area contributed by atoms with E-state index in [4.69, 9.17) is 0 Å². The molecule has 1 heteroatoms. The third kappa shape index (κ3) is 11.1. The van der Waals surface area contributed by atoms with Crippen molar-refractivity contribution in [2.24, 2.45) is 0 Å². The second kappa shape index (κ2) is 11.2. The topological polar surface area (TPSA) is 17.1 Å². The molecule has 0 aromatic carbocycles. The molecule has 0 saturated carbocycles. The number of hydrogen-bond donors (Lipinski definition) is 0. The van der Waals surface area contributed by atoms with Gasteiger partial charge in [-0.15, -0.1) is 0 Å². The van der Waals surface area contributed by atoms with Crippen molar-refractivity contribution in [2.45, 2.75) is 45.4 Å². The zero-order chi connectivity index (χ0) is 9.78. The molecule has 0 amide bonds. The number of carbonyl (C=O) groups is 1. The maximum Gasteiger partial charge on any atom is 0.120 e. The zero-order valence-electron chi connectivity index (χ0n) is 8.54. The highest BCUT2D eigenvalue weighted by molar-refractivity contribution is 5.49. The molecule has 0 heterocycles. The first-order chi connectivity index (χ1) is 6.41. The molecule has 1 nitrogen and oxygen atoms in total. The summed E-state index contributed by atoms with van der Waals surface area (Å²) in [4.78, 5) is 9.97. The molecule has 0 aromatic heterocycles. The predicted octanol–water partition coefficient (Wildman–Crippen LogP) is 3.66. The summed E-state index contributed by atoms with van der Waals surface area (Å²) in [6.07, 6.45) is 15.8. The van der Waals surface area contributed by atoms with Crippen molar-refractivity contribution in [3.63, 3.8) is 0 Å². The van der Waals surface area contributed by atoms with Crippen LogP contribution in [0.4, 0.5) is 0 Å². The molecule has 0 aliphatic carbocycles. The van der Waals surface area contributed by atoms with E-state index in [0.29, 0.717) is 6.42 Å². The van der Waals surface area contributed by atoms with E-state index in [1.165, 1.54) is 19.3 Å². The zero-order valence-corrected chi connectivity index (χ0v) is 8.54. The normalized spacial score (nSPS) is 11.5. The van der Waals surface area contributed by atoms with Gasteiger partial charge < -0.3 is 4.79 Å². The summed E-state index contributed by atoms with van der Waals surface area (Å²) in [6.45, 7) is 2.20. The van der Waals surface area contributed by atoms with Gasteiger partial charge >= 0.3 is 0 Å². The van der Waals surface area contributed by atoms with E-state index in [9.17, 15) is 4.79 Å². The molecular weight excluding hydrogens is 160 g/mol. The van der Waals surface area contributed by atoms with Crippen molar-refractivity contribution in [3.05, 3.63) is 24.3 Å². The summed E-state index contributed by atoms with van der Waals surface area (Å²) in [6, 6.07) is 0. The van der Waals surface area contributed by atoms with Crippen LogP contribution in [-0.2, 0) is 4.79 Å². The highest BCUT2D eigenvalue weighted by Gasteiger charge is 1.80. The predicted molar refractivity (Wildman–Crippen MR) is 57.7 cm³/mol. The van der Waals surface area contributed by atoms with Gasteiger partial charge in [-0.2, -0.15) is 0 Å². The Morgan fingerprint density at radius 2 is 1.54 bits per heavy atom. The van der Waals surface area contributed by atoms with Crippen molar-refractivity contribution < 1.29 is 4.79 Å². The van der Waals surface area contributed by atoms with Crippen molar-refractivity contribution in [3.8, 4) is 0 Å². The lowest BCUT2D eigenvalue weighted by Crippen LogP contribution is -1.72. The summed E-state index contributed by atoms with van der Waals surface area (Å²) in [7, 11) is 0. The molecule has 74 valence electrons. The highest BCUT2D eigenvalue weighted by atomic mass is 16.1. The van der Waals surface area contributed by atoms with Crippen LogP contribution in [0.3, 0.4) is 0 Å². The van der Waals surface area contributed by atoms with Crippen LogP contribution in [-0.4, -0.2) is 6.29 Å². The van der Waals surface area contributed by atoms with E-state index < -0.39 is 0 Å². The molecule has 0 aliphatic rings. The second-order valence-electron chi connectivity index (χ2n) is 3.10. The molecule has 0 unspecified atom stereocenters. The van der Waals surface area contributed by atoms with Gasteiger partial charge in [-0.3, -0.25) is 0 Å². The van der Waals surface area contributed by atoms with Crippen LogP contribution >= 0.6 is 0 Å². The molecule has 0 radical (unpaired) electrons. The van der Waals surface area contributed by atoms with Crippen molar-refractivity contribution in [1.82, 2.24) is 0 Å². The fraction of sp³-hybridized carbons (Fsp3) is 0.583. The fourth-order valence-electron chi connectivity index (χ4n) is 0.991. The average molecular weight is 180 g/mol. The molecule has 13 heavy (non-hydrogen) atoms. The van der Waals surface area contributed by atoms with Crippen LogP contribution in [0, 0.1) is 0 Å². The number of carbonyl (C=O) groups excluding carboxylic acids is 1. The minimum atomic E-state index is 0.684. The van der Waals surface area contributed by atoms with Crippen LogP contribution in [0.5, 0.6) is 0 Å². The quantitative estimate of drug-likeness (QED) is 0.316. The van der Waals surface area contributed by atoms with E-state index in [2.05, 4.69) is 31.2 Å². The first kappa shape index (κ1) is 12.2. The van der Waals surface area contributed by atoms with Crippen molar-refractivity contribution in [1.29, 1.82) is 0 Å². The van der Waals surface area contributed by atoms with Crippen LogP contribution in [0.15, 0.2) is 24.3 Å². The molecule has 0 saturated heterocycles. The molecule has 0 bridgehead atoms. The van der Waals surface area contributed by atoms with Gasteiger partial charge in [0.15, 0.2) is 0 Å². The van der Waals surface area contributed by atoms with E-state index in [0.717, 1.165) is 19.1 Å². The lowest BCUT2D eigenvalue weighted by molar-refractivity contribution is -0.107. The average Bonchev–Trinajstić information content (AvgIpc) is 2.16. The Morgan fingerprint density at radius 1 is 0.923 bits per heavy atom. The van der Waals surface area contributed by atoms with Crippen LogP contribution in [0.25, 0.3) is 0 Å². The molecule has 0 N–H and O–H groups in total. The summed E-state index contributed by atoms with van der Waals surface area (Å²) in [5.41, 5.74) is 0. The van der Waals surface area contributed by atoms with Gasteiger partial charge in [0.2, 0.25) is 0 Å². The maximum absolute atomic E-state index is 9.97. The Kier molecular flexibility index (Phi) is 10.4. The Hall–Kier alpha value is -0.850. The summed E-state index contributed by atoms with van der Waals surface area (Å²) < 4.78 is 0. The van der Waals surface area contributed by atoms with Gasteiger partial charge in [0.05, 0.1) is 0 Å². The Balaban J connectivity index is 3.19. The van der Waals surface area contributed by atoms with Gasteiger partial charge in [-0.25, -0.2) is 0 Å². The molecule has 0 fully saturated rings. The van der Waals surface area contributed by atoms with Crippen molar-refractivity contribution >= 4 is 6.29 Å². The SMILES string of the molecule is CCCC/C=C\C=C\CCCC=O. The first-order valence-electron chi connectivity index (χ1n) is 5.17. The van der Waals surface area contributed by atoms with Crippen LogP contribution in [0.1, 0.15) is 45.4 Å². The number of unbranched alkanes of at least 4 members (excludes halogenated alkanes) is 4. The third-order valence-electron chi connectivity index (χ3n) is 1.80. The smallest absolute Gasteiger partial charge is 0.120 e. The first-order valence-corrected chi connectivity index (χ1v) is 5.17. The van der Waals surface area contributed by atoms with E-state index in [1.54, 1.807) is 0 Å². The van der Waals surface area contributed by atoms with Gasteiger partial charge in [-0.1, -0.05) is 44.1 Å². The maximum atomic E-state index is 9.97. The van der Waals surface area contributed by atoms with E-state index in [-0.39, 0.29) is 0 Å². The molecular formula is C12H20O. The van der Waals surface area contributed by atoms with Crippen LogP contribution in [0.2, 0.25) is 0 Å². The molecule has 0 aliphatic heterocycles. The lowest BCUT2D eigenvalue weighted by Gasteiger charge is -1.87. The lowest BCUT2D eigenvalue weighted by atomic mass is 10.2. The molecule has 0 aromatic rings. The highest BCUT2D eigenvalue weighted by Crippen LogP contribution is 1.97. The Morgan fingerprint density at radius 3 is 2.08 bits per heavy atom. The van der Waals surface area contributed by atoms with Gasteiger partial charge in [-0.05, 0) is 19.3 Å². The Labute approximate surface area is 81.5 Å². The fourth-order valence-corrected chi connectivity index (χ4v) is 0.991. The number of allylic oxidation sites excluding steroid dienone is 4. The van der Waals surface area contributed by atoms with Crippen molar-refractivity contribution in [2.75, 3.05) is 0 Å². The molecule has 0 atom stereocenters. The monoisotopic (exact) mass is 180 g/mol. The second-order valence-corrected chi connectivity index (χ2v) is 3.10. The Bertz CT molecular complexity index is 157. The molecule has 0 rings (SSSR count). The third-order valence-corrected chi connectivity index (χ3v) is 1.80. The van der Waals surface area contributed by atoms with E-state index >= 15 is 0 Å². The van der Waals surface area contributed by atoms with Gasteiger partial charge in [0.25, 0.3) is 0 Å². The number of hydrogen-bond acceptors (Lipinski definition) is 1. The summed E-state index contributed by atoms with van der Waals surface area (Å²) in [5, 5.41) is 0. The van der Waals surface area contributed by atoms with Gasteiger partial charge in [0, 0.05) is 6.42 Å². The van der Waals surface area contributed by atoms with Gasteiger partial charge in [0.1, 0.15) is 6.29 Å². The standard InChI is InChI=1S/C12H20O/c1-2-3-4-5-6-7-8-9-10-11-12-13/h5-8,12H,2-4,9-11H2,1H3/b6-5-,8-7+. The minimum Gasteiger partial charge on any atom is -0.303 e. The van der Waals surface area contributed by atoms with Crippen LogP contribution < -0.4 is 0 Å².